The van der Waals surface area contributed by atoms with Crippen LogP contribution >= 0.6 is 0 Å². The van der Waals surface area contributed by atoms with Gasteiger partial charge < -0.3 is 5.73 Å². The first-order valence-electron chi connectivity index (χ1n) is 3.75. The highest BCUT2D eigenvalue weighted by Crippen LogP contribution is 2.03. The van der Waals surface area contributed by atoms with Gasteiger partial charge in [0.25, 0.3) is 0 Å². The number of carbonyl (C=O) groups is 2. The summed E-state index contributed by atoms with van der Waals surface area (Å²) in [5.41, 5.74) is 6.36. The molecular formula is C10H9NO2. The lowest BCUT2D eigenvalue weighted by Crippen LogP contribution is -2.05. The summed E-state index contributed by atoms with van der Waals surface area (Å²) in [4.78, 5) is 20.7. The van der Waals surface area contributed by atoms with E-state index < -0.39 is 5.91 Å². The molecule has 0 bridgehead atoms. The van der Waals surface area contributed by atoms with Gasteiger partial charge in [-0.2, -0.15) is 0 Å². The first-order valence-corrected chi connectivity index (χ1v) is 3.75. The molecule has 0 saturated carbocycles. The molecule has 0 saturated heterocycles. The van der Waals surface area contributed by atoms with E-state index in [1.54, 1.807) is 30.3 Å². The molecule has 66 valence electrons. The zero-order valence-electron chi connectivity index (χ0n) is 6.94. The van der Waals surface area contributed by atoms with Gasteiger partial charge in [-0.15, -0.1) is 0 Å². The van der Waals surface area contributed by atoms with Crippen LogP contribution in [0.15, 0.2) is 30.3 Å². The van der Waals surface area contributed by atoms with Gasteiger partial charge in [-0.05, 0) is 11.6 Å². The Labute approximate surface area is 75.9 Å². The number of nitrogens with two attached hydrogens (primary N) is 1. The highest BCUT2D eigenvalue weighted by atomic mass is 16.1. The summed E-state index contributed by atoms with van der Waals surface area (Å²) in [6, 6.07) is 6.83. The van der Waals surface area contributed by atoms with Gasteiger partial charge >= 0.3 is 0 Å². The summed E-state index contributed by atoms with van der Waals surface area (Å²) in [5, 5.41) is 0. The molecule has 0 spiro atoms. The molecule has 1 aromatic rings. The standard InChI is InChI=1S/C10H9NO2/c11-10(13)6-5-8-1-3-9(7-12)4-2-8/h1-7H,(H2,11,13)/b6-5+. The second-order valence-electron chi connectivity index (χ2n) is 2.52. The maximum atomic E-state index is 10.4. The van der Waals surface area contributed by atoms with Gasteiger partial charge in [-0.25, -0.2) is 0 Å². The van der Waals surface area contributed by atoms with E-state index in [4.69, 9.17) is 5.73 Å². The molecule has 13 heavy (non-hydrogen) atoms. The summed E-state index contributed by atoms with van der Waals surface area (Å²) in [6.07, 6.45) is 3.63. The molecule has 0 unspecified atom stereocenters. The molecule has 0 radical (unpaired) electrons. The first-order chi connectivity index (χ1) is 6.22. The molecule has 0 aromatic heterocycles. The number of primary amides is 1. The third-order valence-corrected chi connectivity index (χ3v) is 1.51. The van der Waals surface area contributed by atoms with Crippen molar-refractivity contribution >= 4 is 18.3 Å². The molecule has 0 aliphatic heterocycles. The molecule has 0 aliphatic rings. The maximum Gasteiger partial charge on any atom is 0.241 e. The minimum absolute atomic E-state index is 0.487. The predicted molar refractivity (Wildman–Crippen MR) is 50.1 cm³/mol. The molecule has 3 nitrogen and oxygen atoms in total. The number of benzene rings is 1. The Morgan fingerprint density at radius 1 is 1.15 bits per heavy atom. The SMILES string of the molecule is NC(=O)/C=C/c1ccc(C=O)cc1. The maximum absolute atomic E-state index is 10.4. The Morgan fingerprint density at radius 2 is 1.69 bits per heavy atom. The molecule has 0 fully saturated rings. The number of carbonyl (C=O) groups excluding carboxylic acids is 2. The normalized spacial score (nSPS) is 10.2. The molecule has 0 aliphatic carbocycles. The predicted octanol–water partition coefficient (Wildman–Crippen LogP) is 0.998. The van der Waals surface area contributed by atoms with E-state index in [0.29, 0.717) is 5.56 Å². The number of rotatable bonds is 3. The van der Waals surface area contributed by atoms with Crippen LogP contribution in [0, 0.1) is 0 Å². The second-order valence-corrected chi connectivity index (χ2v) is 2.52. The van der Waals surface area contributed by atoms with Crippen molar-refractivity contribution < 1.29 is 9.59 Å². The van der Waals surface area contributed by atoms with Crippen molar-refractivity contribution in [3.05, 3.63) is 41.5 Å². The minimum atomic E-state index is -0.487. The van der Waals surface area contributed by atoms with Crippen molar-refractivity contribution in [3.63, 3.8) is 0 Å². The molecule has 3 heteroatoms. The van der Waals surface area contributed by atoms with Crippen LogP contribution in [0.2, 0.25) is 0 Å². The molecule has 2 N–H and O–H groups in total. The molecule has 0 atom stereocenters. The van der Waals surface area contributed by atoms with E-state index in [1.165, 1.54) is 6.08 Å². The van der Waals surface area contributed by atoms with Crippen molar-refractivity contribution in [2.75, 3.05) is 0 Å². The van der Waals surface area contributed by atoms with Crippen LogP contribution in [0.3, 0.4) is 0 Å². The van der Waals surface area contributed by atoms with E-state index in [2.05, 4.69) is 0 Å². The van der Waals surface area contributed by atoms with Crippen molar-refractivity contribution in [2.24, 2.45) is 5.73 Å². The van der Waals surface area contributed by atoms with Crippen molar-refractivity contribution in [1.82, 2.24) is 0 Å². The molecule has 1 amide bonds. The van der Waals surface area contributed by atoms with Gasteiger partial charge in [0.2, 0.25) is 5.91 Å². The van der Waals surface area contributed by atoms with Crippen LogP contribution in [0.5, 0.6) is 0 Å². The fraction of sp³-hybridized carbons (Fsp3) is 0. The van der Waals surface area contributed by atoms with Gasteiger partial charge in [0.15, 0.2) is 0 Å². The fourth-order valence-electron chi connectivity index (χ4n) is 0.864. The first kappa shape index (κ1) is 9.19. The highest BCUT2D eigenvalue weighted by molar-refractivity contribution is 5.90. The van der Waals surface area contributed by atoms with E-state index in [-0.39, 0.29) is 0 Å². The minimum Gasteiger partial charge on any atom is -0.366 e. The van der Waals surface area contributed by atoms with Crippen LogP contribution in [-0.4, -0.2) is 12.2 Å². The molecule has 1 rings (SSSR count). The van der Waals surface area contributed by atoms with Gasteiger partial charge in [0.1, 0.15) is 6.29 Å². The van der Waals surface area contributed by atoms with Gasteiger partial charge in [0.05, 0.1) is 0 Å². The van der Waals surface area contributed by atoms with Crippen LogP contribution < -0.4 is 5.73 Å². The summed E-state index contributed by atoms with van der Waals surface area (Å²) >= 11 is 0. The molecule has 1 aromatic carbocycles. The van der Waals surface area contributed by atoms with Crippen LogP contribution in [0.25, 0.3) is 6.08 Å². The van der Waals surface area contributed by atoms with Gasteiger partial charge in [-0.1, -0.05) is 24.3 Å². The zero-order chi connectivity index (χ0) is 9.68. The number of hydrogen-bond donors (Lipinski definition) is 1. The summed E-state index contributed by atoms with van der Waals surface area (Å²) in [6.45, 7) is 0. The Balaban J connectivity index is 2.80. The lowest BCUT2D eigenvalue weighted by atomic mass is 10.1. The lowest BCUT2D eigenvalue weighted by Gasteiger charge is -1.92. The monoisotopic (exact) mass is 175 g/mol. The smallest absolute Gasteiger partial charge is 0.241 e. The van der Waals surface area contributed by atoms with Crippen molar-refractivity contribution in [3.8, 4) is 0 Å². The third kappa shape index (κ3) is 2.91. The van der Waals surface area contributed by atoms with Crippen LogP contribution in [0.4, 0.5) is 0 Å². The van der Waals surface area contributed by atoms with Crippen molar-refractivity contribution in [2.45, 2.75) is 0 Å². The second kappa shape index (κ2) is 4.21. The average Bonchev–Trinajstić information content (AvgIpc) is 2.15. The Hall–Kier alpha value is -1.90. The summed E-state index contributed by atoms with van der Waals surface area (Å²) < 4.78 is 0. The quantitative estimate of drug-likeness (QED) is 0.550. The van der Waals surface area contributed by atoms with E-state index in [9.17, 15) is 9.59 Å². The number of amides is 1. The molecule has 0 heterocycles. The Bertz CT molecular complexity index is 338. The van der Waals surface area contributed by atoms with Crippen LogP contribution in [0.1, 0.15) is 15.9 Å². The summed E-state index contributed by atoms with van der Waals surface area (Å²) in [7, 11) is 0. The number of hydrogen-bond acceptors (Lipinski definition) is 2. The Morgan fingerprint density at radius 3 is 2.15 bits per heavy atom. The number of aldehydes is 1. The Kier molecular flexibility index (Phi) is 2.97. The fourth-order valence-corrected chi connectivity index (χ4v) is 0.864. The summed E-state index contributed by atoms with van der Waals surface area (Å²) in [5.74, 6) is -0.487. The van der Waals surface area contributed by atoms with Gasteiger partial charge in [0, 0.05) is 11.6 Å². The van der Waals surface area contributed by atoms with E-state index in [1.807, 2.05) is 0 Å². The third-order valence-electron chi connectivity index (χ3n) is 1.51. The average molecular weight is 175 g/mol. The van der Waals surface area contributed by atoms with Gasteiger partial charge in [-0.3, -0.25) is 9.59 Å². The van der Waals surface area contributed by atoms with Crippen LogP contribution in [-0.2, 0) is 4.79 Å². The lowest BCUT2D eigenvalue weighted by molar-refractivity contribution is -0.113. The highest BCUT2D eigenvalue weighted by Gasteiger charge is 1.89. The van der Waals surface area contributed by atoms with E-state index in [0.717, 1.165) is 11.8 Å². The van der Waals surface area contributed by atoms with Crippen molar-refractivity contribution in [1.29, 1.82) is 0 Å². The zero-order valence-corrected chi connectivity index (χ0v) is 6.94. The molecular weight excluding hydrogens is 166 g/mol. The largest absolute Gasteiger partial charge is 0.366 e. The van der Waals surface area contributed by atoms with E-state index >= 15 is 0 Å². The topological polar surface area (TPSA) is 60.2 Å².